The molecule has 0 unspecified atom stereocenters. The topological polar surface area (TPSA) is 29.9 Å². The second-order valence-corrected chi connectivity index (χ2v) is 5.56. The summed E-state index contributed by atoms with van der Waals surface area (Å²) in [6.45, 7) is 7.21. The van der Waals surface area contributed by atoms with E-state index in [1.165, 1.54) is 11.3 Å². The van der Waals surface area contributed by atoms with E-state index in [9.17, 15) is 0 Å². The van der Waals surface area contributed by atoms with Crippen molar-refractivity contribution in [3.05, 3.63) is 46.5 Å². The number of nitrogens with zero attached hydrogens (tertiary/aromatic N) is 2. The van der Waals surface area contributed by atoms with Crippen molar-refractivity contribution in [3.8, 4) is 0 Å². The highest BCUT2D eigenvalue weighted by atomic mass is 79.9. The second kappa shape index (κ2) is 5.57. The molecule has 1 aromatic carbocycles. The number of rotatable bonds is 4. The molecule has 4 heteroatoms. The van der Waals surface area contributed by atoms with Gasteiger partial charge in [-0.3, -0.25) is 0 Å². The van der Waals surface area contributed by atoms with Crippen LogP contribution in [0, 0.1) is 6.92 Å². The number of nitrogens with one attached hydrogen (secondary N) is 1. The number of aryl methyl sites for hydroxylation is 1. The van der Waals surface area contributed by atoms with Crippen molar-refractivity contribution in [2.45, 2.75) is 33.4 Å². The van der Waals surface area contributed by atoms with Crippen molar-refractivity contribution in [2.24, 2.45) is 0 Å². The molecule has 2 aromatic rings. The molecule has 2 rings (SSSR count). The summed E-state index contributed by atoms with van der Waals surface area (Å²) in [6, 6.07) is 6.72. The summed E-state index contributed by atoms with van der Waals surface area (Å²) in [5, 5.41) is 3.43. The summed E-state index contributed by atoms with van der Waals surface area (Å²) >= 11 is 3.51. The first-order valence-corrected chi connectivity index (χ1v) is 6.88. The lowest BCUT2D eigenvalue weighted by molar-refractivity contribution is 0.577. The highest BCUT2D eigenvalue weighted by Crippen LogP contribution is 2.20. The number of anilines is 1. The molecule has 0 saturated heterocycles. The van der Waals surface area contributed by atoms with Gasteiger partial charge < -0.3 is 9.88 Å². The molecule has 96 valence electrons. The smallest absolute Gasteiger partial charge is 0.0951 e. The quantitative estimate of drug-likeness (QED) is 0.919. The number of imidazole rings is 1. The van der Waals surface area contributed by atoms with E-state index < -0.39 is 0 Å². The van der Waals surface area contributed by atoms with Crippen LogP contribution in [0.25, 0.3) is 0 Å². The van der Waals surface area contributed by atoms with Crippen molar-refractivity contribution < 1.29 is 0 Å². The third-order valence-corrected chi connectivity index (χ3v) is 3.82. The average Bonchev–Trinajstić information content (AvgIpc) is 2.79. The Hall–Kier alpha value is -1.29. The Bertz CT molecular complexity index is 532. The van der Waals surface area contributed by atoms with Crippen molar-refractivity contribution in [2.75, 3.05) is 5.32 Å². The first kappa shape index (κ1) is 13.1. The van der Waals surface area contributed by atoms with E-state index in [0.29, 0.717) is 6.04 Å². The first-order chi connectivity index (χ1) is 8.58. The predicted molar refractivity (Wildman–Crippen MR) is 78.8 cm³/mol. The SMILES string of the molecule is Cc1cc(NCc2cncn2C(C)C)ccc1Br. The van der Waals surface area contributed by atoms with Gasteiger partial charge in [0.05, 0.1) is 18.6 Å². The van der Waals surface area contributed by atoms with Crippen LogP contribution in [0.5, 0.6) is 0 Å². The van der Waals surface area contributed by atoms with E-state index in [0.717, 1.165) is 16.7 Å². The molecule has 0 aliphatic carbocycles. The maximum atomic E-state index is 4.20. The Labute approximate surface area is 116 Å². The van der Waals surface area contributed by atoms with E-state index in [1.807, 2.05) is 12.5 Å². The zero-order valence-electron chi connectivity index (χ0n) is 10.9. The van der Waals surface area contributed by atoms with Gasteiger partial charge in [-0.2, -0.15) is 0 Å². The Morgan fingerprint density at radius 2 is 2.17 bits per heavy atom. The molecule has 0 spiro atoms. The molecule has 1 heterocycles. The van der Waals surface area contributed by atoms with Crippen LogP contribution in [0.15, 0.2) is 35.2 Å². The Morgan fingerprint density at radius 1 is 1.39 bits per heavy atom. The summed E-state index contributed by atoms with van der Waals surface area (Å²) in [6.07, 6.45) is 3.80. The number of hydrogen-bond acceptors (Lipinski definition) is 2. The van der Waals surface area contributed by atoms with Crippen molar-refractivity contribution in [3.63, 3.8) is 0 Å². The standard InChI is InChI=1S/C14H18BrN3/c1-10(2)18-9-16-7-13(18)8-17-12-4-5-14(15)11(3)6-12/h4-7,9-10,17H,8H2,1-3H3. The fraction of sp³-hybridized carbons (Fsp3) is 0.357. The zero-order valence-corrected chi connectivity index (χ0v) is 12.5. The molecule has 0 aliphatic heterocycles. The van der Waals surface area contributed by atoms with Gasteiger partial charge in [-0.05, 0) is 44.5 Å². The average molecular weight is 308 g/mol. The summed E-state index contributed by atoms with van der Waals surface area (Å²) in [4.78, 5) is 4.20. The highest BCUT2D eigenvalue weighted by Gasteiger charge is 2.05. The van der Waals surface area contributed by atoms with Gasteiger partial charge in [-0.25, -0.2) is 4.98 Å². The lowest BCUT2D eigenvalue weighted by Crippen LogP contribution is -2.08. The summed E-state index contributed by atoms with van der Waals surface area (Å²) in [5.41, 5.74) is 3.56. The molecule has 0 radical (unpaired) electrons. The van der Waals surface area contributed by atoms with Crippen molar-refractivity contribution in [1.29, 1.82) is 0 Å². The van der Waals surface area contributed by atoms with Crippen molar-refractivity contribution in [1.82, 2.24) is 9.55 Å². The predicted octanol–water partition coefficient (Wildman–Crippen LogP) is 4.15. The van der Waals surface area contributed by atoms with Gasteiger partial charge in [-0.15, -0.1) is 0 Å². The summed E-state index contributed by atoms with van der Waals surface area (Å²) < 4.78 is 3.32. The van der Waals surface area contributed by atoms with Gasteiger partial charge in [0.1, 0.15) is 0 Å². The number of aromatic nitrogens is 2. The van der Waals surface area contributed by atoms with Crippen LogP contribution in [0.3, 0.4) is 0 Å². The summed E-state index contributed by atoms with van der Waals surface area (Å²) in [5.74, 6) is 0. The fourth-order valence-electron chi connectivity index (χ4n) is 1.88. The molecule has 0 atom stereocenters. The van der Waals surface area contributed by atoms with Gasteiger partial charge in [0.15, 0.2) is 0 Å². The fourth-order valence-corrected chi connectivity index (χ4v) is 2.13. The second-order valence-electron chi connectivity index (χ2n) is 4.70. The lowest BCUT2D eigenvalue weighted by Gasteiger charge is -2.13. The van der Waals surface area contributed by atoms with Crippen LogP contribution < -0.4 is 5.32 Å². The van der Waals surface area contributed by atoms with Gasteiger partial charge in [-0.1, -0.05) is 15.9 Å². The number of benzene rings is 1. The van der Waals surface area contributed by atoms with Crippen LogP contribution >= 0.6 is 15.9 Å². The minimum atomic E-state index is 0.441. The van der Waals surface area contributed by atoms with Gasteiger partial charge in [0.25, 0.3) is 0 Å². The molecule has 0 bridgehead atoms. The molecule has 1 N–H and O–H groups in total. The van der Waals surface area contributed by atoms with E-state index in [4.69, 9.17) is 0 Å². The van der Waals surface area contributed by atoms with Gasteiger partial charge >= 0.3 is 0 Å². The molecule has 0 fully saturated rings. The largest absolute Gasteiger partial charge is 0.379 e. The maximum Gasteiger partial charge on any atom is 0.0951 e. The zero-order chi connectivity index (χ0) is 13.1. The Kier molecular flexibility index (Phi) is 4.07. The van der Waals surface area contributed by atoms with Crippen molar-refractivity contribution >= 4 is 21.6 Å². The van der Waals surface area contributed by atoms with Crippen LogP contribution in [-0.2, 0) is 6.54 Å². The molecule has 0 amide bonds. The van der Waals surface area contributed by atoms with Crippen LogP contribution in [-0.4, -0.2) is 9.55 Å². The van der Waals surface area contributed by atoms with Crippen LogP contribution in [0.2, 0.25) is 0 Å². The summed E-state index contributed by atoms with van der Waals surface area (Å²) in [7, 11) is 0. The minimum Gasteiger partial charge on any atom is -0.379 e. The van der Waals surface area contributed by atoms with Gasteiger partial charge in [0.2, 0.25) is 0 Å². The molecule has 18 heavy (non-hydrogen) atoms. The normalized spacial score (nSPS) is 10.9. The lowest BCUT2D eigenvalue weighted by atomic mass is 10.2. The monoisotopic (exact) mass is 307 g/mol. The van der Waals surface area contributed by atoms with Crippen LogP contribution in [0.1, 0.15) is 31.1 Å². The molecular formula is C14H18BrN3. The molecule has 1 aromatic heterocycles. The van der Waals surface area contributed by atoms with E-state index in [1.54, 1.807) is 0 Å². The third-order valence-electron chi connectivity index (χ3n) is 2.93. The van der Waals surface area contributed by atoms with E-state index >= 15 is 0 Å². The third kappa shape index (κ3) is 2.93. The van der Waals surface area contributed by atoms with E-state index in [2.05, 4.69) is 69.8 Å². The van der Waals surface area contributed by atoms with Gasteiger partial charge in [0, 0.05) is 22.4 Å². The molecular weight excluding hydrogens is 290 g/mol. The number of halogens is 1. The molecule has 0 aliphatic rings. The Balaban J connectivity index is 2.07. The maximum absolute atomic E-state index is 4.20. The Morgan fingerprint density at radius 3 is 2.83 bits per heavy atom. The highest BCUT2D eigenvalue weighted by molar-refractivity contribution is 9.10. The first-order valence-electron chi connectivity index (χ1n) is 6.08. The number of hydrogen-bond donors (Lipinski definition) is 1. The molecule has 0 saturated carbocycles. The van der Waals surface area contributed by atoms with E-state index in [-0.39, 0.29) is 0 Å². The minimum absolute atomic E-state index is 0.441. The molecule has 3 nitrogen and oxygen atoms in total. The van der Waals surface area contributed by atoms with Crippen LogP contribution in [0.4, 0.5) is 5.69 Å².